The Kier molecular flexibility index (Phi) is 4.68. The van der Waals surface area contributed by atoms with Gasteiger partial charge in [0.15, 0.2) is 0 Å². The molecule has 1 aromatic carbocycles. The number of aliphatic hydroxyl groups is 1. The summed E-state index contributed by atoms with van der Waals surface area (Å²) < 4.78 is 2.10. The Bertz CT molecular complexity index is 696. The first-order chi connectivity index (χ1) is 11.0. The van der Waals surface area contributed by atoms with E-state index in [9.17, 15) is 9.90 Å². The maximum atomic E-state index is 12.2. The lowest BCUT2D eigenvalue weighted by Crippen LogP contribution is -2.41. The number of nitrogens with zero attached hydrogens (tertiary/aromatic N) is 2. The zero-order valence-corrected chi connectivity index (χ0v) is 13.8. The quantitative estimate of drug-likeness (QED) is 0.902. The molecule has 2 aromatic rings. The Balaban J connectivity index is 1.54. The van der Waals surface area contributed by atoms with Gasteiger partial charge in [-0.25, -0.2) is 4.98 Å². The third-order valence-electron chi connectivity index (χ3n) is 4.11. The molecule has 0 saturated heterocycles. The van der Waals surface area contributed by atoms with Crippen molar-refractivity contribution in [3.63, 3.8) is 0 Å². The van der Waals surface area contributed by atoms with Gasteiger partial charge in [0, 0.05) is 30.2 Å². The fraction of sp³-hybridized carbons (Fsp3) is 0.412. The van der Waals surface area contributed by atoms with Gasteiger partial charge >= 0.3 is 0 Å². The van der Waals surface area contributed by atoms with Crippen LogP contribution in [0.25, 0.3) is 0 Å². The summed E-state index contributed by atoms with van der Waals surface area (Å²) in [5, 5.41) is 13.8. The summed E-state index contributed by atoms with van der Waals surface area (Å²) in [5.74, 6) is 0.937. The number of aromatic nitrogens is 2. The Morgan fingerprint density at radius 3 is 2.96 bits per heavy atom. The summed E-state index contributed by atoms with van der Waals surface area (Å²) in [6, 6.07) is 6.98. The van der Waals surface area contributed by atoms with Crippen LogP contribution in [0.4, 0.5) is 0 Å². The van der Waals surface area contributed by atoms with Crippen molar-refractivity contribution < 1.29 is 9.90 Å². The first-order valence-electron chi connectivity index (χ1n) is 7.77. The van der Waals surface area contributed by atoms with E-state index < -0.39 is 6.10 Å². The number of hydrogen-bond donors (Lipinski definition) is 2. The third-order valence-corrected chi connectivity index (χ3v) is 4.36. The molecule has 1 aliphatic rings. The Hall–Kier alpha value is -1.85. The molecule has 5 nitrogen and oxygen atoms in total. The highest BCUT2D eigenvalue weighted by atomic mass is 35.5. The molecule has 2 heterocycles. The average Bonchev–Trinajstić information content (AvgIpc) is 2.87. The molecule has 0 fully saturated rings. The lowest BCUT2D eigenvalue weighted by Gasteiger charge is -2.25. The zero-order valence-electron chi connectivity index (χ0n) is 13.0. The molecule has 2 unspecified atom stereocenters. The lowest BCUT2D eigenvalue weighted by atomic mass is 10.0. The van der Waals surface area contributed by atoms with Gasteiger partial charge in [0.2, 0.25) is 5.91 Å². The SMILES string of the molecule is Cc1cn2c(n1)CCC(NC(=O)CC(O)c1ccc(Cl)cc1)C2. The van der Waals surface area contributed by atoms with Gasteiger partial charge in [-0.2, -0.15) is 0 Å². The van der Waals surface area contributed by atoms with Crippen LogP contribution in [0.15, 0.2) is 30.5 Å². The summed E-state index contributed by atoms with van der Waals surface area (Å²) in [6.45, 7) is 2.71. The molecule has 23 heavy (non-hydrogen) atoms. The number of halogens is 1. The Morgan fingerprint density at radius 2 is 2.22 bits per heavy atom. The second-order valence-corrected chi connectivity index (χ2v) is 6.46. The number of aryl methyl sites for hydroxylation is 2. The van der Waals surface area contributed by atoms with Gasteiger partial charge in [-0.3, -0.25) is 4.79 Å². The van der Waals surface area contributed by atoms with Crippen molar-refractivity contribution in [3.8, 4) is 0 Å². The maximum Gasteiger partial charge on any atom is 0.223 e. The predicted octanol–water partition coefficient (Wildman–Crippen LogP) is 2.40. The molecule has 0 spiro atoms. The van der Waals surface area contributed by atoms with Crippen molar-refractivity contribution in [2.45, 2.75) is 44.9 Å². The Morgan fingerprint density at radius 1 is 1.48 bits per heavy atom. The standard InChI is InChI=1S/C17H20ClN3O2/c1-11-9-21-10-14(6-7-16(21)19-11)20-17(23)8-15(22)12-2-4-13(18)5-3-12/h2-5,9,14-15,22H,6-8,10H2,1H3,(H,20,23). The molecule has 3 rings (SSSR count). The minimum atomic E-state index is -0.818. The fourth-order valence-corrected chi connectivity index (χ4v) is 3.10. The van der Waals surface area contributed by atoms with Crippen LogP contribution in [0.3, 0.4) is 0 Å². The minimum absolute atomic E-state index is 0.0495. The first-order valence-corrected chi connectivity index (χ1v) is 8.14. The molecule has 1 aliphatic heterocycles. The van der Waals surface area contributed by atoms with E-state index in [1.807, 2.05) is 13.1 Å². The summed E-state index contributed by atoms with van der Waals surface area (Å²) in [4.78, 5) is 16.6. The number of imidazole rings is 1. The lowest BCUT2D eigenvalue weighted by molar-refractivity contribution is -0.124. The number of carbonyl (C=O) groups excluding carboxylic acids is 1. The van der Waals surface area contributed by atoms with Crippen molar-refractivity contribution in [2.75, 3.05) is 0 Å². The van der Waals surface area contributed by atoms with Crippen LogP contribution in [-0.2, 0) is 17.8 Å². The van der Waals surface area contributed by atoms with Crippen molar-refractivity contribution in [3.05, 3.63) is 52.6 Å². The average molecular weight is 334 g/mol. The van der Waals surface area contributed by atoms with E-state index in [-0.39, 0.29) is 18.4 Å². The number of aliphatic hydroxyl groups excluding tert-OH is 1. The number of fused-ring (bicyclic) bond motifs is 1. The summed E-state index contributed by atoms with van der Waals surface area (Å²) >= 11 is 5.83. The monoisotopic (exact) mass is 333 g/mol. The second kappa shape index (κ2) is 6.72. The van der Waals surface area contributed by atoms with Crippen LogP contribution in [0, 0.1) is 6.92 Å². The molecule has 1 amide bonds. The Labute approximate surface area is 140 Å². The van der Waals surface area contributed by atoms with Crippen LogP contribution in [0.5, 0.6) is 0 Å². The van der Waals surface area contributed by atoms with Gasteiger partial charge in [-0.05, 0) is 31.0 Å². The normalized spacial score (nSPS) is 18.3. The van der Waals surface area contributed by atoms with Crippen LogP contribution >= 0.6 is 11.6 Å². The van der Waals surface area contributed by atoms with Crippen molar-refractivity contribution >= 4 is 17.5 Å². The van der Waals surface area contributed by atoms with Crippen LogP contribution in [0.2, 0.25) is 5.02 Å². The molecule has 1 aromatic heterocycles. The molecule has 0 bridgehead atoms. The number of nitrogens with one attached hydrogen (secondary N) is 1. The molecule has 122 valence electrons. The largest absolute Gasteiger partial charge is 0.388 e. The van der Waals surface area contributed by atoms with E-state index in [2.05, 4.69) is 14.9 Å². The van der Waals surface area contributed by atoms with Gasteiger partial charge in [0.1, 0.15) is 5.82 Å². The van der Waals surface area contributed by atoms with Crippen LogP contribution < -0.4 is 5.32 Å². The van der Waals surface area contributed by atoms with E-state index in [0.717, 1.165) is 30.9 Å². The second-order valence-electron chi connectivity index (χ2n) is 6.03. The van der Waals surface area contributed by atoms with E-state index in [4.69, 9.17) is 11.6 Å². The predicted molar refractivity (Wildman–Crippen MR) is 88.2 cm³/mol. The summed E-state index contributed by atoms with van der Waals surface area (Å²) in [7, 11) is 0. The molecular formula is C17H20ClN3O2. The first kappa shape index (κ1) is 16.0. The minimum Gasteiger partial charge on any atom is -0.388 e. The highest BCUT2D eigenvalue weighted by Gasteiger charge is 2.22. The third kappa shape index (κ3) is 3.92. The van der Waals surface area contributed by atoms with Crippen LogP contribution in [-0.4, -0.2) is 26.6 Å². The summed E-state index contributed by atoms with van der Waals surface area (Å²) in [5.41, 5.74) is 1.70. The number of rotatable bonds is 4. The van der Waals surface area contributed by atoms with Gasteiger partial charge in [-0.1, -0.05) is 23.7 Å². The molecule has 6 heteroatoms. The van der Waals surface area contributed by atoms with Crippen LogP contribution in [0.1, 0.15) is 36.0 Å². The fourth-order valence-electron chi connectivity index (χ4n) is 2.97. The highest BCUT2D eigenvalue weighted by molar-refractivity contribution is 6.30. The van der Waals surface area contributed by atoms with Crippen molar-refractivity contribution in [1.29, 1.82) is 0 Å². The zero-order chi connectivity index (χ0) is 16.4. The van der Waals surface area contributed by atoms with Crippen molar-refractivity contribution in [1.82, 2.24) is 14.9 Å². The smallest absolute Gasteiger partial charge is 0.223 e. The topological polar surface area (TPSA) is 67.2 Å². The maximum absolute atomic E-state index is 12.2. The highest BCUT2D eigenvalue weighted by Crippen LogP contribution is 2.20. The molecule has 0 radical (unpaired) electrons. The van der Waals surface area contributed by atoms with E-state index in [1.165, 1.54) is 0 Å². The molecule has 2 atom stereocenters. The van der Waals surface area contributed by atoms with Crippen molar-refractivity contribution in [2.24, 2.45) is 0 Å². The number of benzene rings is 1. The van der Waals surface area contributed by atoms with E-state index in [0.29, 0.717) is 10.6 Å². The molecule has 0 saturated carbocycles. The van der Waals surface area contributed by atoms with Gasteiger partial charge in [0.05, 0.1) is 18.2 Å². The number of amides is 1. The molecule has 2 N–H and O–H groups in total. The summed E-state index contributed by atoms with van der Waals surface area (Å²) in [6.07, 6.45) is 2.98. The van der Waals surface area contributed by atoms with E-state index in [1.54, 1.807) is 24.3 Å². The van der Waals surface area contributed by atoms with Gasteiger partial charge in [0.25, 0.3) is 0 Å². The number of carbonyl (C=O) groups is 1. The van der Waals surface area contributed by atoms with E-state index >= 15 is 0 Å². The van der Waals surface area contributed by atoms with Gasteiger partial charge < -0.3 is 15.0 Å². The van der Waals surface area contributed by atoms with Gasteiger partial charge in [-0.15, -0.1) is 0 Å². The molecular weight excluding hydrogens is 314 g/mol. The number of hydrogen-bond acceptors (Lipinski definition) is 3. The molecule has 0 aliphatic carbocycles.